The zero-order valence-corrected chi connectivity index (χ0v) is 12.4. The van der Waals surface area contributed by atoms with E-state index in [1.807, 2.05) is 27.7 Å². The van der Waals surface area contributed by atoms with Gasteiger partial charge in [0.2, 0.25) is 0 Å². The van der Waals surface area contributed by atoms with Gasteiger partial charge in [-0.2, -0.15) is 0 Å². The van der Waals surface area contributed by atoms with Crippen LogP contribution in [0.4, 0.5) is 0 Å². The van der Waals surface area contributed by atoms with Gasteiger partial charge < -0.3 is 10.5 Å². The fourth-order valence-corrected chi connectivity index (χ4v) is 1.83. The second-order valence-electron chi connectivity index (χ2n) is 5.46. The van der Waals surface area contributed by atoms with Crippen molar-refractivity contribution in [3.8, 4) is 0 Å². The fourth-order valence-electron chi connectivity index (χ4n) is 1.83. The second-order valence-corrected chi connectivity index (χ2v) is 5.46. The van der Waals surface area contributed by atoms with Gasteiger partial charge in [-0.15, -0.1) is 0 Å². The van der Waals surface area contributed by atoms with E-state index in [0.717, 1.165) is 23.6 Å². The molecule has 1 aromatic heterocycles. The highest BCUT2D eigenvalue weighted by molar-refractivity contribution is 5.26. The first-order chi connectivity index (χ1) is 8.31. The van der Waals surface area contributed by atoms with Gasteiger partial charge in [0.25, 0.3) is 0 Å². The van der Waals surface area contributed by atoms with E-state index < -0.39 is 5.60 Å². The average Bonchev–Trinajstić information content (AvgIpc) is 2.33. The number of aromatic nitrogens is 2. The zero-order chi connectivity index (χ0) is 13.9. The van der Waals surface area contributed by atoms with Crippen molar-refractivity contribution in [2.45, 2.75) is 46.6 Å². The van der Waals surface area contributed by atoms with Gasteiger partial charge in [0.15, 0.2) is 5.82 Å². The first-order valence-corrected chi connectivity index (χ1v) is 6.41. The molecular formula is C14H25N3O. The number of hydrogen-bond acceptors (Lipinski definition) is 4. The lowest BCUT2D eigenvalue weighted by molar-refractivity contribution is 0.0111. The Bertz CT molecular complexity index is 392. The number of ether oxygens (including phenoxy) is 1. The summed E-state index contributed by atoms with van der Waals surface area (Å²) < 4.78 is 5.43. The number of aryl methyl sites for hydroxylation is 2. The maximum atomic E-state index is 5.68. The number of nitrogens with zero attached hydrogens (tertiary/aromatic N) is 2. The van der Waals surface area contributed by atoms with Gasteiger partial charge in [-0.25, -0.2) is 9.97 Å². The molecule has 0 fully saturated rings. The Morgan fingerprint density at radius 3 is 2.11 bits per heavy atom. The van der Waals surface area contributed by atoms with E-state index in [1.54, 1.807) is 7.11 Å². The third-order valence-electron chi connectivity index (χ3n) is 3.42. The Morgan fingerprint density at radius 1 is 1.22 bits per heavy atom. The largest absolute Gasteiger partial charge is 0.371 e. The smallest absolute Gasteiger partial charge is 0.160 e. The highest BCUT2D eigenvalue weighted by atomic mass is 16.5. The molecule has 18 heavy (non-hydrogen) atoms. The zero-order valence-electron chi connectivity index (χ0n) is 12.4. The van der Waals surface area contributed by atoms with Gasteiger partial charge in [-0.1, -0.05) is 6.92 Å². The molecule has 0 aromatic carbocycles. The molecule has 0 radical (unpaired) electrons. The summed E-state index contributed by atoms with van der Waals surface area (Å²) in [5, 5.41) is 0. The first kappa shape index (κ1) is 15.1. The Morgan fingerprint density at radius 2 is 1.72 bits per heavy atom. The normalized spacial score (nSPS) is 13.7. The molecule has 1 aromatic rings. The lowest BCUT2D eigenvalue weighted by Gasteiger charge is -2.23. The maximum absolute atomic E-state index is 5.68. The molecule has 0 saturated heterocycles. The SMILES string of the molecule is COC(C)(C)c1nc(C)c(CC(C)CN)c(C)n1. The summed E-state index contributed by atoms with van der Waals surface area (Å²) in [5.74, 6) is 1.19. The van der Waals surface area contributed by atoms with Crippen LogP contribution >= 0.6 is 0 Å². The van der Waals surface area contributed by atoms with Crippen molar-refractivity contribution in [2.75, 3.05) is 13.7 Å². The molecule has 0 aliphatic rings. The maximum Gasteiger partial charge on any atom is 0.160 e. The second kappa shape index (κ2) is 5.76. The molecule has 4 heteroatoms. The van der Waals surface area contributed by atoms with Crippen molar-refractivity contribution in [1.29, 1.82) is 0 Å². The molecule has 2 N–H and O–H groups in total. The van der Waals surface area contributed by atoms with E-state index in [2.05, 4.69) is 16.9 Å². The minimum atomic E-state index is -0.451. The van der Waals surface area contributed by atoms with E-state index in [4.69, 9.17) is 10.5 Å². The van der Waals surface area contributed by atoms with Crippen molar-refractivity contribution >= 4 is 0 Å². The number of nitrogens with two attached hydrogens (primary N) is 1. The molecule has 1 unspecified atom stereocenters. The molecular weight excluding hydrogens is 226 g/mol. The summed E-state index contributed by atoms with van der Waals surface area (Å²) >= 11 is 0. The predicted molar refractivity (Wildman–Crippen MR) is 73.5 cm³/mol. The van der Waals surface area contributed by atoms with Crippen LogP contribution in [0.2, 0.25) is 0 Å². The summed E-state index contributed by atoms with van der Waals surface area (Å²) in [6.07, 6.45) is 0.932. The number of hydrogen-bond donors (Lipinski definition) is 1. The van der Waals surface area contributed by atoms with Crippen LogP contribution in [0.5, 0.6) is 0 Å². The molecule has 0 spiro atoms. The molecule has 0 aliphatic carbocycles. The van der Waals surface area contributed by atoms with Crippen LogP contribution < -0.4 is 5.73 Å². The van der Waals surface area contributed by atoms with Crippen LogP contribution in [0.3, 0.4) is 0 Å². The van der Waals surface area contributed by atoms with Crippen molar-refractivity contribution in [1.82, 2.24) is 9.97 Å². The van der Waals surface area contributed by atoms with Crippen LogP contribution in [-0.2, 0) is 16.8 Å². The van der Waals surface area contributed by atoms with E-state index >= 15 is 0 Å². The molecule has 1 heterocycles. The standard InChI is InChI=1S/C14H25N3O/c1-9(8-15)7-12-10(2)16-13(17-11(12)3)14(4,5)18-6/h9H,7-8,15H2,1-6H3. The van der Waals surface area contributed by atoms with Crippen molar-refractivity contribution in [3.05, 3.63) is 22.8 Å². The van der Waals surface area contributed by atoms with Crippen LogP contribution in [-0.4, -0.2) is 23.6 Å². The van der Waals surface area contributed by atoms with Gasteiger partial charge in [-0.05, 0) is 52.1 Å². The molecule has 0 amide bonds. The molecule has 102 valence electrons. The number of rotatable bonds is 5. The van der Waals surface area contributed by atoms with Gasteiger partial charge in [-0.3, -0.25) is 0 Å². The highest BCUT2D eigenvalue weighted by Gasteiger charge is 2.24. The summed E-state index contributed by atoms with van der Waals surface area (Å²) in [4.78, 5) is 9.17. The van der Waals surface area contributed by atoms with Gasteiger partial charge in [0.1, 0.15) is 5.60 Å². The first-order valence-electron chi connectivity index (χ1n) is 6.41. The van der Waals surface area contributed by atoms with Crippen LogP contribution in [0.15, 0.2) is 0 Å². The lowest BCUT2D eigenvalue weighted by atomic mass is 9.98. The Balaban J connectivity index is 3.12. The van der Waals surface area contributed by atoms with E-state index in [-0.39, 0.29) is 0 Å². The van der Waals surface area contributed by atoms with Crippen molar-refractivity contribution < 1.29 is 4.74 Å². The quantitative estimate of drug-likeness (QED) is 0.870. The highest BCUT2D eigenvalue weighted by Crippen LogP contribution is 2.23. The molecule has 1 atom stereocenters. The number of methoxy groups -OCH3 is 1. The van der Waals surface area contributed by atoms with Gasteiger partial charge >= 0.3 is 0 Å². The predicted octanol–water partition coefficient (Wildman–Crippen LogP) is 2.11. The molecule has 0 aliphatic heterocycles. The van der Waals surface area contributed by atoms with E-state index in [1.165, 1.54) is 5.56 Å². The lowest BCUT2D eigenvalue weighted by Crippen LogP contribution is -2.25. The van der Waals surface area contributed by atoms with Crippen LogP contribution in [0.25, 0.3) is 0 Å². The van der Waals surface area contributed by atoms with Crippen LogP contribution in [0, 0.1) is 19.8 Å². The summed E-state index contributed by atoms with van der Waals surface area (Å²) in [5.41, 5.74) is 8.50. The van der Waals surface area contributed by atoms with Gasteiger partial charge in [0, 0.05) is 18.5 Å². The molecule has 4 nitrogen and oxygen atoms in total. The minimum Gasteiger partial charge on any atom is -0.371 e. The minimum absolute atomic E-state index is 0.451. The summed E-state index contributed by atoms with van der Waals surface area (Å²) in [7, 11) is 1.68. The Kier molecular flexibility index (Phi) is 4.82. The Labute approximate surface area is 110 Å². The molecule has 0 bridgehead atoms. The van der Waals surface area contributed by atoms with Gasteiger partial charge in [0.05, 0.1) is 0 Å². The summed E-state index contributed by atoms with van der Waals surface area (Å²) in [6.45, 7) is 10.8. The summed E-state index contributed by atoms with van der Waals surface area (Å²) in [6, 6.07) is 0. The molecule has 1 rings (SSSR count). The van der Waals surface area contributed by atoms with E-state index in [9.17, 15) is 0 Å². The topological polar surface area (TPSA) is 61.0 Å². The van der Waals surface area contributed by atoms with Crippen molar-refractivity contribution in [2.24, 2.45) is 11.7 Å². The Hall–Kier alpha value is -1.00. The van der Waals surface area contributed by atoms with Crippen LogP contribution in [0.1, 0.15) is 43.5 Å². The van der Waals surface area contributed by atoms with Crippen molar-refractivity contribution in [3.63, 3.8) is 0 Å². The fraction of sp³-hybridized carbons (Fsp3) is 0.714. The third kappa shape index (κ3) is 3.27. The third-order valence-corrected chi connectivity index (χ3v) is 3.42. The molecule has 0 saturated carbocycles. The monoisotopic (exact) mass is 251 g/mol. The van der Waals surface area contributed by atoms with E-state index in [0.29, 0.717) is 12.5 Å². The average molecular weight is 251 g/mol.